The van der Waals surface area contributed by atoms with Crippen LogP contribution in [0.2, 0.25) is 0 Å². The van der Waals surface area contributed by atoms with Crippen LogP contribution in [0.5, 0.6) is 34.5 Å². The maximum absolute atomic E-state index is 13.6. The third-order valence-corrected chi connectivity index (χ3v) is 7.30. The van der Waals surface area contributed by atoms with Gasteiger partial charge in [0.1, 0.15) is 11.5 Å². The van der Waals surface area contributed by atoms with Crippen molar-refractivity contribution in [1.82, 2.24) is 0 Å². The molecule has 0 aromatic heterocycles. The van der Waals surface area contributed by atoms with Gasteiger partial charge in [-0.15, -0.1) is 0 Å². The molecule has 1 aliphatic rings. The van der Waals surface area contributed by atoms with Gasteiger partial charge in [0.2, 0.25) is 5.78 Å². The van der Waals surface area contributed by atoms with E-state index in [4.69, 9.17) is 15.2 Å². The lowest BCUT2D eigenvalue weighted by molar-refractivity contribution is 0.0974. The van der Waals surface area contributed by atoms with Crippen LogP contribution in [-0.2, 0) is 12.8 Å². The molecule has 1 aliphatic carbocycles. The van der Waals surface area contributed by atoms with E-state index in [1.807, 2.05) is 24.3 Å². The summed E-state index contributed by atoms with van der Waals surface area (Å²) in [6.45, 7) is 4.27. The monoisotopic (exact) mass is 551 g/mol. The number of carbonyl (C=O) groups is 2. The average molecular weight is 552 g/mol. The number of aromatic hydroxyl groups is 2. The number of hydrogen-bond donors (Lipinski definition) is 3. The number of aryl methyl sites for hydroxylation is 2. The zero-order chi connectivity index (χ0) is 29.1. The van der Waals surface area contributed by atoms with Crippen LogP contribution >= 0.6 is 0 Å². The van der Waals surface area contributed by atoms with Crippen molar-refractivity contribution in [3.63, 3.8) is 0 Å². The van der Waals surface area contributed by atoms with Crippen molar-refractivity contribution >= 4 is 17.3 Å². The SMILES string of the molecule is CCCCc1ccc(Oc2ccc3c(c2O)C(=O)c2c(N)cc(Oc4ccc(CCCC)cc4)c(O)c2C3=O)cc1. The van der Waals surface area contributed by atoms with Crippen LogP contribution in [0, 0.1) is 0 Å². The van der Waals surface area contributed by atoms with Gasteiger partial charge in [-0.05, 0) is 73.2 Å². The molecule has 4 aromatic rings. The summed E-state index contributed by atoms with van der Waals surface area (Å²) >= 11 is 0. The van der Waals surface area contributed by atoms with Gasteiger partial charge in [-0.25, -0.2) is 0 Å². The second kappa shape index (κ2) is 11.8. The van der Waals surface area contributed by atoms with Gasteiger partial charge in [-0.1, -0.05) is 51.0 Å². The lowest BCUT2D eigenvalue weighted by atomic mass is 9.82. The lowest BCUT2D eigenvalue weighted by Gasteiger charge is -2.23. The van der Waals surface area contributed by atoms with Crippen molar-refractivity contribution in [1.29, 1.82) is 0 Å². The van der Waals surface area contributed by atoms with Gasteiger partial charge in [-0.3, -0.25) is 9.59 Å². The Morgan fingerprint density at radius 3 is 1.68 bits per heavy atom. The molecule has 0 atom stereocenters. The minimum Gasteiger partial charge on any atom is -0.504 e. The van der Waals surface area contributed by atoms with Crippen LogP contribution in [0.25, 0.3) is 0 Å². The summed E-state index contributed by atoms with van der Waals surface area (Å²) in [4.78, 5) is 27.1. The lowest BCUT2D eigenvalue weighted by Crippen LogP contribution is -2.23. The van der Waals surface area contributed by atoms with E-state index in [0.29, 0.717) is 11.5 Å². The maximum Gasteiger partial charge on any atom is 0.200 e. The van der Waals surface area contributed by atoms with E-state index >= 15 is 0 Å². The zero-order valence-electron chi connectivity index (χ0n) is 23.2. The summed E-state index contributed by atoms with van der Waals surface area (Å²) in [5, 5.41) is 22.1. The first-order valence-electron chi connectivity index (χ1n) is 14.0. The molecule has 0 radical (unpaired) electrons. The Labute approximate surface area is 239 Å². The molecule has 4 N–H and O–H groups in total. The zero-order valence-corrected chi connectivity index (χ0v) is 23.2. The summed E-state index contributed by atoms with van der Waals surface area (Å²) in [7, 11) is 0. The summed E-state index contributed by atoms with van der Waals surface area (Å²) in [6, 6.07) is 19.1. The molecule has 5 rings (SSSR count). The Bertz CT molecular complexity index is 1610. The highest BCUT2D eigenvalue weighted by atomic mass is 16.5. The molecule has 0 aliphatic heterocycles. The summed E-state index contributed by atoms with van der Waals surface area (Å²) in [6.07, 6.45) is 6.27. The number of anilines is 1. The molecule has 41 heavy (non-hydrogen) atoms. The van der Waals surface area contributed by atoms with Crippen molar-refractivity contribution in [3.05, 3.63) is 100 Å². The highest BCUT2D eigenvalue weighted by molar-refractivity contribution is 6.32. The first kappa shape index (κ1) is 27.8. The van der Waals surface area contributed by atoms with Crippen molar-refractivity contribution in [2.45, 2.75) is 52.4 Å². The molecule has 7 heteroatoms. The van der Waals surface area contributed by atoms with Crippen LogP contribution in [-0.4, -0.2) is 21.8 Å². The number of unbranched alkanes of at least 4 members (excludes halogenated alkanes) is 2. The number of ketones is 2. The Morgan fingerprint density at radius 2 is 1.15 bits per heavy atom. The van der Waals surface area contributed by atoms with Crippen LogP contribution in [0.1, 0.15) is 82.5 Å². The number of rotatable bonds is 10. The molecule has 0 heterocycles. The highest BCUT2D eigenvalue weighted by Gasteiger charge is 2.38. The smallest absolute Gasteiger partial charge is 0.200 e. The number of ether oxygens (including phenoxy) is 2. The van der Waals surface area contributed by atoms with Crippen molar-refractivity contribution in [3.8, 4) is 34.5 Å². The van der Waals surface area contributed by atoms with Crippen molar-refractivity contribution < 1.29 is 29.3 Å². The topological polar surface area (TPSA) is 119 Å². The van der Waals surface area contributed by atoms with Gasteiger partial charge in [0.25, 0.3) is 0 Å². The van der Waals surface area contributed by atoms with Gasteiger partial charge in [0.05, 0.1) is 16.7 Å². The second-order valence-corrected chi connectivity index (χ2v) is 10.3. The minimum absolute atomic E-state index is 0.0276. The average Bonchev–Trinajstić information content (AvgIpc) is 2.97. The standard InChI is InChI=1S/C34H33NO6/c1-3-5-7-20-9-13-22(14-10-20)40-26-18-17-24-28(32(26)37)34(39)29-25(35)19-27(33(38)30(29)31(24)36)41-23-15-11-21(12-16-23)8-6-4-2/h9-19,37-38H,3-8,35H2,1-2H3. The Balaban J connectivity index is 1.44. The number of carbonyl (C=O) groups excluding carboxylic acids is 2. The maximum atomic E-state index is 13.6. The summed E-state index contributed by atoms with van der Waals surface area (Å²) in [5.74, 6) is -1.38. The molecule has 0 spiro atoms. The van der Waals surface area contributed by atoms with Crippen LogP contribution in [0.15, 0.2) is 66.7 Å². The molecule has 0 bridgehead atoms. The number of nitrogen functional groups attached to an aromatic ring is 1. The van der Waals surface area contributed by atoms with E-state index in [-0.39, 0.29) is 39.4 Å². The molecular weight excluding hydrogens is 518 g/mol. The minimum atomic E-state index is -0.688. The first-order valence-corrected chi connectivity index (χ1v) is 14.0. The molecule has 4 aromatic carbocycles. The van der Waals surface area contributed by atoms with Crippen molar-refractivity contribution in [2.24, 2.45) is 0 Å². The number of hydrogen-bond acceptors (Lipinski definition) is 7. The molecule has 0 fully saturated rings. The normalized spacial score (nSPS) is 12.1. The van der Waals surface area contributed by atoms with E-state index in [2.05, 4.69) is 13.8 Å². The van der Waals surface area contributed by atoms with Gasteiger partial charge in [0.15, 0.2) is 28.8 Å². The number of phenols is 2. The van der Waals surface area contributed by atoms with E-state index < -0.39 is 23.1 Å². The fourth-order valence-corrected chi connectivity index (χ4v) is 5.01. The molecular formula is C34H33NO6. The van der Waals surface area contributed by atoms with Gasteiger partial charge < -0.3 is 25.4 Å². The third kappa shape index (κ3) is 5.48. The Hall–Kier alpha value is -4.78. The Morgan fingerprint density at radius 1 is 0.634 bits per heavy atom. The molecule has 210 valence electrons. The second-order valence-electron chi connectivity index (χ2n) is 10.3. The van der Waals surface area contributed by atoms with Gasteiger partial charge >= 0.3 is 0 Å². The van der Waals surface area contributed by atoms with Gasteiger partial charge in [0, 0.05) is 17.3 Å². The quantitative estimate of drug-likeness (QED) is 0.120. The number of phenolic OH excluding ortho intramolecular Hbond substituents is 2. The number of fused-ring (bicyclic) bond motifs is 2. The molecule has 0 amide bonds. The first-order chi connectivity index (χ1) is 19.8. The fraction of sp³-hybridized carbons (Fsp3) is 0.235. The number of benzene rings is 4. The van der Waals surface area contributed by atoms with Gasteiger partial charge in [-0.2, -0.15) is 0 Å². The molecule has 0 saturated heterocycles. The summed E-state index contributed by atoms with van der Waals surface area (Å²) < 4.78 is 11.7. The van der Waals surface area contributed by atoms with Crippen molar-refractivity contribution in [2.75, 3.05) is 5.73 Å². The molecule has 0 unspecified atom stereocenters. The fourth-order valence-electron chi connectivity index (χ4n) is 5.01. The van der Waals surface area contributed by atoms with E-state index in [0.717, 1.165) is 44.1 Å². The van der Waals surface area contributed by atoms with E-state index in [9.17, 15) is 19.8 Å². The third-order valence-electron chi connectivity index (χ3n) is 7.30. The predicted molar refractivity (Wildman–Crippen MR) is 158 cm³/mol. The molecule has 0 saturated carbocycles. The number of nitrogens with two attached hydrogens (primary N) is 1. The summed E-state index contributed by atoms with van der Waals surface area (Å²) in [5.41, 5.74) is 7.80. The van der Waals surface area contributed by atoms with E-state index in [1.165, 1.54) is 23.8 Å². The van der Waals surface area contributed by atoms with Crippen LogP contribution in [0.4, 0.5) is 5.69 Å². The largest absolute Gasteiger partial charge is 0.504 e. The Kier molecular flexibility index (Phi) is 7.97. The van der Waals surface area contributed by atoms with Crippen LogP contribution < -0.4 is 15.2 Å². The molecule has 7 nitrogen and oxygen atoms in total. The van der Waals surface area contributed by atoms with E-state index in [1.54, 1.807) is 24.3 Å². The highest BCUT2D eigenvalue weighted by Crippen LogP contribution is 2.47. The predicted octanol–water partition coefficient (Wildman–Crippen LogP) is 7.73. The van der Waals surface area contributed by atoms with Crippen LogP contribution in [0.3, 0.4) is 0 Å².